The number of nitrogens with one attached hydrogen (secondary N) is 1. The van der Waals surface area contributed by atoms with Crippen LogP contribution in [-0.2, 0) is 11.3 Å². The lowest BCUT2D eigenvalue weighted by atomic mass is 10.2. The van der Waals surface area contributed by atoms with Crippen LogP contribution in [0.4, 0.5) is 8.78 Å². The van der Waals surface area contributed by atoms with Crippen molar-refractivity contribution < 1.29 is 18.3 Å². The summed E-state index contributed by atoms with van der Waals surface area (Å²) in [5.74, 6) is -0.249. The molecule has 0 unspecified atom stereocenters. The monoisotopic (exact) mass is 303 g/mol. The van der Waals surface area contributed by atoms with Crippen LogP contribution in [0.3, 0.4) is 0 Å². The fourth-order valence-electron chi connectivity index (χ4n) is 1.84. The van der Waals surface area contributed by atoms with Crippen LogP contribution in [0.15, 0.2) is 60.7 Å². The fourth-order valence-corrected chi connectivity index (χ4v) is 1.84. The van der Waals surface area contributed by atoms with E-state index in [1.54, 1.807) is 24.3 Å². The molecule has 2 aromatic carbocycles. The maximum absolute atomic E-state index is 12.3. The van der Waals surface area contributed by atoms with Crippen LogP contribution in [0.1, 0.15) is 11.1 Å². The summed E-state index contributed by atoms with van der Waals surface area (Å²) < 4.78 is 29.0. The van der Waals surface area contributed by atoms with Crippen molar-refractivity contribution >= 4 is 12.0 Å². The molecule has 0 spiro atoms. The molecule has 0 saturated carbocycles. The Morgan fingerprint density at radius 1 is 1.09 bits per heavy atom. The molecular formula is C17H15F2NO2. The molecule has 2 aromatic rings. The van der Waals surface area contributed by atoms with E-state index in [1.165, 1.54) is 12.1 Å². The van der Waals surface area contributed by atoms with Crippen molar-refractivity contribution in [3.63, 3.8) is 0 Å². The van der Waals surface area contributed by atoms with E-state index in [9.17, 15) is 13.6 Å². The predicted molar refractivity (Wildman–Crippen MR) is 80.4 cm³/mol. The molecule has 0 aliphatic carbocycles. The van der Waals surface area contributed by atoms with Crippen molar-refractivity contribution in [1.82, 2.24) is 5.32 Å². The zero-order valence-electron chi connectivity index (χ0n) is 11.7. The fraction of sp³-hybridized carbons (Fsp3) is 0.118. The first-order valence-corrected chi connectivity index (χ1v) is 6.69. The highest BCUT2D eigenvalue weighted by molar-refractivity contribution is 5.91. The van der Waals surface area contributed by atoms with Gasteiger partial charge < -0.3 is 10.1 Å². The minimum atomic E-state index is -2.89. The molecule has 0 aliphatic heterocycles. The minimum absolute atomic E-state index is 0.0600. The van der Waals surface area contributed by atoms with Gasteiger partial charge in [0.25, 0.3) is 0 Å². The number of hydrogen-bond donors (Lipinski definition) is 1. The van der Waals surface area contributed by atoms with E-state index in [4.69, 9.17) is 0 Å². The molecule has 2 rings (SSSR count). The van der Waals surface area contributed by atoms with Crippen molar-refractivity contribution in [2.45, 2.75) is 13.2 Å². The smallest absolute Gasteiger partial charge is 0.387 e. The number of para-hydroxylation sites is 1. The Morgan fingerprint density at radius 3 is 2.50 bits per heavy atom. The summed E-state index contributed by atoms with van der Waals surface area (Å²) in [6.07, 6.45) is 3.07. The number of ether oxygens (including phenoxy) is 1. The first kappa shape index (κ1) is 15.7. The Hall–Kier alpha value is -2.69. The topological polar surface area (TPSA) is 38.3 Å². The Bertz CT molecular complexity index is 642. The second-order valence-corrected chi connectivity index (χ2v) is 4.45. The molecule has 5 heteroatoms. The number of carbonyl (C=O) groups excluding carboxylic acids is 1. The zero-order chi connectivity index (χ0) is 15.8. The number of benzene rings is 2. The third-order valence-electron chi connectivity index (χ3n) is 2.87. The van der Waals surface area contributed by atoms with Crippen molar-refractivity contribution in [3.8, 4) is 5.75 Å². The first-order chi connectivity index (χ1) is 10.6. The van der Waals surface area contributed by atoms with Crippen molar-refractivity contribution in [3.05, 3.63) is 71.8 Å². The van der Waals surface area contributed by atoms with Gasteiger partial charge in [0.05, 0.1) is 0 Å². The molecule has 0 fully saturated rings. The highest BCUT2D eigenvalue weighted by Crippen LogP contribution is 2.19. The molecule has 0 atom stereocenters. The molecule has 0 radical (unpaired) electrons. The molecule has 22 heavy (non-hydrogen) atoms. The average Bonchev–Trinajstić information content (AvgIpc) is 2.52. The van der Waals surface area contributed by atoms with Gasteiger partial charge in [-0.15, -0.1) is 0 Å². The van der Waals surface area contributed by atoms with Crippen LogP contribution >= 0.6 is 0 Å². The third-order valence-corrected chi connectivity index (χ3v) is 2.87. The van der Waals surface area contributed by atoms with E-state index in [2.05, 4.69) is 10.1 Å². The summed E-state index contributed by atoms with van der Waals surface area (Å²) in [7, 11) is 0. The number of amides is 1. The van der Waals surface area contributed by atoms with Crippen molar-refractivity contribution in [1.29, 1.82) is 0 Å². The summed E-state index contributed by atoms with van der Waals surface area (Å²) in [5.41, 5.74) is 1.39. The molecule has 0 saturated heterocycles. The van der Waals surface area contributed by atoms with Gasteiger partial charge in [0.1, 0.15) is 5.75 Å². The van der Waals surface area contributed by atoms with E-state index in [0.717, 1.165) is 5.56 Å². The number of rotatable bonds is 6. The van der Waals surface area contributed by atoms with Gasteiger partial charge in [-0.3, -0.25) is 4.79 Å². The van der Waals surface area contributed by atoms with Gasteiger partial charge in [0.2, 0.25) is 5.91 Å². The summed E-state index contributed by atoms with van der Waals surface area (Å²) in [4.78, 5) is 11.7. The van der Waals surface area contributed by atoms with Gasteiger partial charge in [-0.2, -0.15) is 8.78 Å². The average molecular weight is 303 g/mol. The highest BCUT2D eigenvalue weighted by Gasteiger charge is 2.09. The summed E-state index contributed by atoms with van der Waals surface area (Å²) in [6, 6.07) is 15.7. The zero-order valence-corrected chi connectivity index (χ0v) is 11.7. The van der Waals surface area contributed by atoms with Crippen LogP contribution in [0.2, 0.25) is 0 Å². The molecule has 3 nitrogen and oxygen atoms in total. The number of alkyl halides is 2. The summed E-state index contributed by atoms with van der Waals surface area (Å²) in [6.45, 7) is -2.78. The van der Waals surface area contributed by atoms with Gasteiger partial charge in [0.15, 0.2) is 0 Å². The molecule has 1 amide bonds. The van der Waals surface area contributed by atoms with Crippen LogP contribution in [-0.4, -0.2) is 12.5 Å². The van der Waals surface area contributed by atoms with E-state index in [1.807, 2.05) is 30.3 Å². The van der Waals surface area contributed by atoms with Gasteiger partial charge in [-0.25, -0.2) is 0 Å². The molecule has 0 bridgehead atoms. The largest absolute Gasteiger partial charge is 0.434 e. The normalized spacial score (nSPS) is 10.9. The maximum atomic E-state index is 12.3. The van der Waals surface area contributed by atoms with E-state index >= 15 is 0 Å². The Balaban J connectivity index is 1.93. The highest BCUT2D eigenvalue weighted by atomic mass is 19.3. The maximum Gasteiger partial charge on any atom is 0.387 e. The van der Waals surface area contributed by atoms with Crippen molar-refractivity contribution in [2.24, 2.45) is 0 Å². The van der Waals surface area contributed by atoms with E-state index in [-0.39, 0.29) is 18.2 Å². The lowest BCUT2D eigenvalue weighted by Crippen LogP contribution is -2.21. The molecular weight excluding hydrogens is 288 g/mol. The van der Waals surface area contributed by atoms with Crippen LogP contribution in [0.25, 0.3) is 6.08 Å². The molecule has 0 aromatic heterocycles. The van der Waals surface area contributed by atoms with Crippen molar-refractivity contribution in [2.75, 3.05) is 0 Å². The third kappa shape index (κ3) is 5.01. The molecule has 1 N–H and O–H groups in total. The lowest BCUT2D eigenvalue weighted by molar-refractivity contribution is -0.116. The first-order valence-electron chi connectivity index (χ1n) is 6.69. The van der Waals surface area contributed by atoms with E-state index < -0.39 is 6.61 Å². The van der Waals surface area contributed by atoms with Crippen LogP contribution < -0.4 is 10.1 Å². The predicted octanol–water partition coefficient (Wildman–Crippen LogP) is 3.62. The van der Waals surface area contributed by atoms with Gasteiger partial charge >= 0.3 is 6.61 Å². The Morgan fingerprint density at radius 2 is 1.77 bits per heavy atom. The van der Waals surface area contributed by atoms with Crippen LogP contribution in [0, 0.1) is 0 Å². The van der Waals surface area contributed by atoms with Gasteiger partial charge in [-0.05, 0) is 17.7 Å². The SMILES string of the molecule is O=C(/C=C/c1ccccc1)NCc1ccccc1OC(F)F. The number of carbonyl (C=O) groups is 1. The van der Waals surface area contributed by atoms with Crippen LogP contribution in [0.5, 0.6) is 5.75 Å². The van der Waals surface area contributed by atoms with E-state index in [0.29, 0.717) is 5.56 Å². The summed E-state index contributed by atoms with van der Waals surface area (Å²) in [5, 5.41) is 2.63. The second-order valence-electron chi connectivity index (χ2n) is 4.45. The Labute approximate surface area is 127 Å². The van der Waals surface area contributed by atoms with Gasteiger partial charge in [0, 0.05) is 18.2 Å². The lowest BCUT2D eigenvalue weighted by Gasteiger charge is -2.10. The minimum Gasteiger partial charge on any atom is -0.434 e. The summed E-state index contributed by atoms with van der Waals surface area (Å²) >= 11 is 0. The quantitative estimate of drug-likeness (QED) is 0.828. The molecule has 0 heterocycles. The molecule has 114 valence electrons. The molecule has 0 aliphatic rings. The van der Waals surface area contributed by atoms with Gasteiger partial charge in [-0.1, -0.05) is 48.5 Å². The Kier molecular flexibility index (Phi) is 5.65. The second kappa shape index (κ2) is 7.93. The number of halogens is 2. The number of hydrogen-bond acceptors (Lipinski definition) is 2. The standard InChI is InChI=1S/C17H15F2NO2/c18-17(19)22-15-9-5-4-8-14(15)12-20-16(21)11-10-13-6-2-1-3-7-13/h1-11,17H,12H2,(H,20,21)/b11-10+.